The van der Waals surface area contributed by atoms with Crippen molar-refractivity contribution in [2.75, 3.05) is 0 Å². The van der Waals surface area contributed by atoms with Crippen LogP contribution in [0, 0.1) is 11.3 Å². The zero-order valence-electron chi connectivity index (χ0n) is 10.2. The van der Waals surface area contributed by atoms with Gasteiger partial charge in [-0.15, -0.1) is 0 Å². The van der Waals surface area contributed by atoms with E-state index in [1.165, 1.54) is 0 Å². The van der Waals surface area contributed by atoms with Crippen LogP contribution in [0.4, 0.5) is 0 Å². The molecule has 18 heavy (non-hydrogen) atoms. The quantitative estimate of drug-likeness (QED) is 0.355. The minimum atomic E-state index is -0.703. The van der Waals surface area contributed by atoms with Crippen molar-refractivity contribution in [2.45, 2.75) is 26.0 Å². The number of aromatic nitrogens is 1. The summed E-state index contributed by atoms with van der Waals surface area (Å²) in [7, 11) is 0. The first-order chi connectivity index (χ1) is 8.04. The summed E-state index contributed by atoms with van der Waals surface area (Å²) in [5.74, 6) is -0.524. The highest BCUT2D eigenvalue weighted by molar-refractivity contribution is 5.96. The number of rotatable bonds is 2. The van der Waals surface area contributed by atoms with Crippen LogP contribution in [0.25, 0.3) is 0 Å². The summed E-state index contributed by atoms with van der Waals surface area (Å²) < 4.78 is 7.10. The van der Waals surface area contributed by atoms with Gasteiger partial charge in [-0.05, 0) is 13.8 Å². The average molecular weight is 356 g/mol. The molecule has 0 saturated heterocycles. The summed E-state index contributed by atoms with van der Waals surface area (Å²) in [6, 6.07) is 7.65. The third-order valence-electron chi connectivity index (χ3n) is 2.81. The first kappa shape index (κ1) is 14.6. The molecule has 0 aromatic carbocycles. The molecule has 0 fully saturated rings. The fourth-order valence-electron chi connectivity index (χ4n) is 1.87. The molecule has 0 amide bonds. The molecular weight excluding hydrogens is 343 g/mol. The van der Waals surface area contributed by atoms with Crippen molar-refractivity contribution in [3.63, 3.8) is 0 Å². The first-order valence-electron chi connectivity index (χ1n) is 5.36. The standard InChI is InChI=1S/C13H13N2O2.HI/c1-13(2)11(10(8-14)12(16)17-13)9-15-6-4-3-5-7-15;/h3-7H,9H2,1-2H3;1H/q+1;/p-1. The van der Waals surface area contributed by atoms with Crippen molar-refractivity contribution in [3.8, 4) is 6.07 Å². The molecule has 2 rings (SSSR count). The van der Waals surface area contributed by atoms with Gasteiger partial charge in [0.15, 0.2) is 18.9 Å². The Hall–Kier alpha value is -1.42. The van der Waals surface area contributed by atoms with Crippen LogP contribution in [0.3, 0.4) is 0 Å². The predicted octanol–water partition coefficient (Wildman–Crippen LogP) is -1.87. The summed E-state index contributed by atoms with van der Waals surface area (Å²) >= 11 is 0. The molecular formula is C13H13IN2O2. The van der Waals surface area contributed by atoms with Crippen molar-refractivity contribution in [3.05, 3.63) is 41.7 Å². The number of esters is 1. The fourth-order valence-corrected chi connectivity index (χ4v) is 1.87. The molecule has 0 spiro atoms. The Bertz CT molecular complexity index is 530. The van der Waals surface area contributed by atoms with Gasteiger partial charge in [0.25, 0.3) is 0 Å². The second-order valence-corrected chi connectivity index (χ2v) is 4.41. The van der Waals surface area contributed by atoms with Gasteiger partial charge in [0.2, 0.25) is 0 Å². The molecule has 0 unspecified atom stereocenters. The third kappa shape index (κ3) is 2.70. The number of halogens is 1. The van der Waals surface area contributed by atoms with Crippen LogP contribution in [-0.2, 0) is 16.1 Å². The molecule has 1 aromatic heterocycles. The molecule has 2 heterocycles. The minimum Gasteiger partial charge on any atom is -1.00 e. The van der Waals surface area contributed by atoms with Gasteiger partial charge in [0.1, 0.15) is 17.2 Å². The highest BCUT2D eigenvalue weighted by Gasteiger charge is 2.42. The van der Waals surface area contributed by atoms with Gasteiger partial charge < -0.3 is 28.7 Å². The molecule has 5 heteroatoms. The van der Waals surface area contributed by atoms with Crippen molar-refractivity contribution in [1.82, 2.24) is 0 Å². The van der Waals surface area contributed by atoms with Crippen molar-refractivity contribution >= 4 is 5.97 Å². The molecule has 4 nitrogen and oxygen atoms in total. The Labute approximate surface area is 123 Å². The van der Waals surface area contributed by atoms with Gasteiger partial charge >= 0.3 is 5.97 Å². The molecule has 0 aliphatic carbocycles. The van der Waals surface area contributed by atoms with Gasteiger partial charge in [-0.1, -0.05) is 6.07 Å². The van der Waals surface area contributed by atoms with Gasteiger partial charge in [-0.25, -0.2) is 9.36 Å². The monoisotopic (exact) mass is 356 g/mol. The van der Waals surface area contributed by atoms with Gasteiger partial charge in [0, 0.05) is 12.1 Å². The maximum Gasteiger partial charge on any atom is 0.350 e. The maximum absolute atomic E-state index is 11.5. The number of pyridine rings is 1. The molecule has 1 aliphatic heterocycles. The molecule has 1 aliphatic rings. The van der Waals surface area contributed by atoms with E-state index >= 15 is 0 Å². The number of ether oxygens (including phenoxy) is 1. The van der Waals surface area contributed by atoms with Gasteiger partial charge in [-0.3, -0.25) is 0 Å². The van der Waals surface area contributed by atoms with Crippen molar-refractivity contribution in [2.24, 2.45) is 0 Å². The summed E-state index contributed by atoms with van der Waals surface area (Å²) in [5, 5.41) is 9.00. The lowest BCUT2D eigenvalue weighted by Crippen LogP contribution is -3.00. The van der Waals surface area contributed by atoms with Crippen LogP contribution in [0.1, 0.15) is 13.8 Å². The molecule has 0 radical (unpaired) electrons. The number of hydrogen-bond acceptors (Lipinski definition) is 3. The summed E-state index contributed by atoms with van der Waals surface area (Å²) in [5.41, 5.74) is 0.151. The summed E-state index contributed by atoms with van der Waals surface area (Å²) in [6.07, 6.45) is 3.78. The van der Waals surface area contributed by atoms with Gasteiger partial charge in [0.05, 0.1) is 5.57 Å². The molecule has 0 saturated carbocycles. The molecule has 1 aromatic rings. The topological polar surface area (TPSA) is 54.0 Å². The molecule has 94 valence electrons. The Morgan fingerprint density at radius 3 is 2.50 bits per heavy atom. The minimum absolute atomic E-state index is 0. The fraction of sp³-hybridized carbons (Fsp3) is 0.308. The van der Waals surface area contributed by atoms with E-state index in [2.05, 4.69) is 0 Å². The van der Waals surface area contributed by atoms with Crippen LogP contribution in [0.15, 0.2) is 41.7 Å². The van der Waals surface area contributed by atoms with E-state index in [0.717, 1.165) is 5.57 Å². The normalized spacial score (nSPS) is 16.8. The number of hydrogen-bond donors (Lipinski definition) is 0. The molecule has 0 bridgehead atoms. The number of carbonyl (C=O) groups excluding carboxylic acids is 1. The Morgan fingerprint density at radius 1 is 1.33 bits per heavy atom. The van der Waals surface area contributed by atoms with E-state index in [0.29, 0.717) is 6.54 Å². The highest BCUT2D eigenvalue weighted by Crippen LogP contribution is 2.31. The number of nitrogens with zero attached hydrogens (tertiary/aromatic N) is 2. The summed E-state index contributed by atoms with van der Waals surface area (Å²) in [6.45, 7) is 4.09. The zero-order valence-corrected chi connectivity index (χ0v) is 12.3. The summed E-state index contributed by atoms with van der Waals surface area (Å²) in [4.78, 5) is 11.5. The number of cyclic esters (lactones) is 1. The Morgan fingerprint density at radius 2 is 1.94 bits per heavy atom. The van der Waals surface area contributed by atoms with Crippen LogP contribution in [-0.4, -0.2) is 11.6 Å². The van der Waals surface area contributed by atoms with E-state index in [9.17, 15) is 4.79 Å². The smallest absolute Gasteiger partial charge is 0.350 e. The SMILES string of the molecule is CC1(C)OC(=O)C(C#N)=C1C[n+]1ccccc1.[I-]. The second kappa shape index (κ2) is 5.48. The molecule has 0 atom stereocenters. The van der Waals surface area contributed by atoms with Crippen LogP contribution in [0.2, 0.25) is 0 Å². The Kier molecular flexibility index (Phi) is 4.46. The predicted molar refractivity (Wildman–Crippen MR) is 59.4 cm³/mol. The number of carbonyl (C=O) groups is 1. The van der Waals surface area contributed by atoms with Crippen LogP contribution < -0.4 is 28.5 Å². The van der Waals surface area contributed by atoms with E-state index in [-0.39, 0.29) is 29.5 Å². The largest absolute Gasteiger partial charge is 1.00 e. The van der Waals surface area contributed by atoms with Crippen molar-refractivity contribution in [1.29, 1.82) is 5.26 Å². The Balaban J connectivity index is 0.00000162. The lowest BCUT2D eigenvalue weighted by Gasteiger charge is -2.18. The van der Waals surface area contributed by atoms with Gasteiger partial charge in [-0.2, -0.15) is 5.26 Å². The average Bonchev–Trinajstić information content (AvgIpc) is 2.50. The van der Waals surface area contributed by atoms with E-state index < -0.39 is 11.6 Å². The lowest BCUT2D eigenvalue weighted by molar-refractivity contribution is -0.689. The van der Waals surface area contributed by atoms with Crippen molar-refractivity contribution < 1.29 is 38.1 Å². The maximum atomic E-state index is 11.5. The van der Waals surface area contributed by atoms with E-state index in [1.54, 1.807) is 13.8 Å². The second-order valence-electron chi connectivity index (χ2n) is 4.41. The number of nitriles is 1. The third-order valence-corrected chi connectivity index (χ3v) is 2.81. The zero-order chi connectivity index (χ0) is 12.5. The lowest BCUT2D eigenvalue weighted by atomic mass is 9.96. The van der Waals surface area contributed by atoms with E-state index in [1.807, 2.05) is 41.2 Å². The highest BCUT2D eigenvalue weighted by atomic mass is 127. The van der Waals surface area contributed by atoms with Crippen LogP contribution in [0.5, 0.6) is 0 Å². The molecule has 0 N–H and O–H groups in total. The van der Waals surface area contributed by atoms with E-state index in [4.69, 9.17) is 10.00 Å². The van der Waals surface area contributed by atoms with Crippen LogP contribution >= 0.6 is 0 Å². The first-order valence-corrected chi connectivity index (χ1v) is 5.36.